The van der Waals surface area contributed by atoms with E-state index in [4.69, 9.17) is 9.97 Å². The topological polar surface area (TPSA) is 30.7 Å². The third kappa shape index (κ3) is 5.13. The molecule has 0 spiro atoms. The van der Waals surface area contributed by atoms with E-state index in [9.17, 15) is 0 Å². The first-order valence-corrected chi connectivity index (χ1v) is 18.7. The number of para-hydroxylation sites is 1. The van der Waals surface area contributed by atoms with Crippen molar-refractivity contribution in [2.45, 2.75) is 0 Å². The van der Waals surface area contributed by atoms with E-state index in [0.29, 0.717) is 5.82 Å². The predicted octanol–water partition coefficient (Wildman–Crippen LogP) is 13.7. The minimum Gasteiger partial charge on any atom is -0.309 e. The molecule has 0 bridgehead atoms. The molecular weight excluding hydrogens is 667 g/mol. The second-order valence-electron chi connectivity index (χ2n) is 14.2. The van der Waals surface area contributed by atoms with Crippen LogP contribution in [-0.2, 0) is 0 Å². The fourth-order valence-electron chi connectivity index (χ4n) is 8.44. The van der Waals surface area contributed by atoms with Crippen LogP contribution < -0.4 is 0 Å². The van der Waals surface area contributed by atoms with E-state index in [2.05, 4.69) is 180 Å². The lowest BCUT2D eigenvalue weighted by Gasteiger charge is -2.17. The van der Waals surface area contributed by atoms with Crippen molar-refractivity contribution in [3.63, 3.8) is 0 Å². The first-order chi connectivity index (χ1) is 27.3. The maximum atomic E-state index is 5.17. The van der Waals surface area contributed by atoms with Crippen LogP contribution in [0.4, 0.5) is 0 Å². The molecule has 0 unspecified atom stereocenters. The molecule has 9 aromatic carbocycles. The summed E-state index contributed by atoms with van der Waals surface area (Å²) in [6.45, 7) is 0. The molecule has 2 aromatic heterocycles. The van der Waals surface area contributed by atoms with Crippen molar-refractivity contribution in [2.24, 2.45) is 0 Å². The van der Waals surface area contributed by atoms with Gasteiger partial charge in [-0.05, 0) is 74.5 Å². The van der Waals surface area contributed by atoms with Gasteiger partial charge in [0.05, 0.1) is 28.1 Å². The lowest BCUT2D eigenvalue weighted by atomic mass is 9.91. The van der Waals surface area contributed by atoms with Crippen LogP contribution in [-0.4, -0.2) is 14.5 Å². The van der Waals surface area contributed by atoms with Crippen LogP contribution in [0.5, 0.6) is 0 Å². The Morgan fingerprint density at radius 3 is 1.56 bits per heavy atom. The molecule has 55 heavy (non-hydrogen) atoms. The SMILES string of the molecule is c1ccc(-c2ccc3c(c2)c2ccccc2n3-c2cccc3c4ccc(-c5cc(-c6ccccc6)nc(-c6ccccc6)n5)cc4c4ccccc4c23)cc1. The molecule has 0 aliphatic carbocycles. The van der Waals surface area contributed by atoms with E-state index in [1.165, 1.54) is 70.9 Å². The van der Waals surface area contributed by atoms with E-state index in [1.54, 1.807) is 0 Å². The van der Waals surface area contributed by atoms with Crippen molar-refractivity contribution >= 4 is 54.1 Å². The fourth-order valence-corrected chi connectivity index (χ4v) is 8.44. The standard InChI is InChI=1S/C52H33N3/c1-4-15-34(16-5-1)37-28-30-49-45(31-37)41-22-12-13-25-48(41)55(49)50-26-14-24-43-40-29-27-38(32-44(40)39-21-10-11-23-42(39)51(43)50)47-33-46(35-17-6-2-7-18-35)53-52(54-47)36-19-8-3-9-20-36/h1-33H. The van der Waals surface area contributed by atoms with Crippen molar-refractivity contribution in [3.05, 3.63) is 200 Å². The third-order valence-corrected chi connectivity index (χ3v) is 11.0. The lowest BCUT2D eigenvalue weighted by molar-refractivity contribution is 1.18. The van der Waals surface area contributed by atoms with Crippen molar-refractivity contribution in [3.8, 4) is 50.7 Å². The van der Waals surface area contributed by atoms with Gasteiger partial charge in [0.15, 0.2) is 5.82 Å². The van der Waals surface area contributed by atoms with Gasteiger partial charge in [-0.3, -0.25) is 0 Å². The minimum absolute atomic E-state index is 0.715. The first kappa shape index (κ1) is 31.2. The molecule has 11 aromatic rings. The summed E-state index contributed by atoms with van der Waals surface area (Å²) in [5.41, 5.74) is 10.9. The van der Waals surface area contributed by atoms with Crippen molar-refractivity contribution in [1.29, 1.82) is 0 Å². The number of hydrogen-bond acceptors (Lipinski definition) is 2. The van der Waals surface area contributed by atoms with Crippen molar-refractivity contribution in [2.75, 3.05) is 0 Å². The number of hydrogen-bond donors (Lipinski definition) is 0. The summed E-state index contributed by atoms with van der Waals surface area (Å²) < 4.78 is 2.46. The molecule has 3 nitrogen and oxygen atoms in total. The summed E-state index contributed by atoms with van der Waals surface area (Å²) in [7, 11) is 0. The van der Waals surface area contributed by atoms with E-state index in [0.717, 1.165) is 28.1 Å². The average molecular weight is 700 g/mol. The van der Waals surface area contributed by atoms with Crippen molar-refractivity contribution in [1.82, 2.24) is 14.5 Å². The predicted molar refractivity (Wildman–Crippen MR) is 231 cm³/mol. The maximum absolute atomic E-state index is 5.17. The number of rotatable bonds is 5. The third-order valence-electron chi connectivity index (χ3n) is 11.0. The van der Waals surface area contributed by atoms with Gasteiger partial charge in [0.25, 0.3) is 0 Å². The summed E-state index contributed by atoms with van der Waals surface area (Å²) >= 11 is 0. The number of fused-ring (bicyclic) bond motifs is 9. The van der Waals surface area contributed by atoms with Gasteiger partial charge in [0.1, 0.15) is 0 Å². The normalized spacial score (nSPS) is 11.6. The van der Waals surface area contributed by atoms with E-state index < -0.39 is 0 Å². The van der Waals surface area contributed by atoms with Gasteiger partial charge in [-0.1, -0.05) is 164 Å². The molecule has 0 amide bonds. The van der Waals surface area contributed by atoms with Crippen LogP contribution in [0.1, 0.15) is 0 Å². The summed E-state index contributed by atoms with van der Waals surface area (Å²) in [6.07, 6.45) is 0. The molecule has 0 saturated heterocycles. The van der Waals surface area contributed by atoms with Crippen LogP contribution in [0, 0.1) is 0 Å². The Kier molecular flexibility index (Phi) is 7.17. The van der Waals surface area contributed by atoms with E-state index >= 15 is 0 Å². The molecule has 256 valence electrons. The van der Waals surface area contributed by atoms with Gasteiger partial charge in [-0.15, -0.1) is 0 Å². The monoisotopic (exact) mass is 699 g/mol. The Labute approximate surface area is 318 Å². The summed E-state index contributed by atoms with van der Waals surface area (Å²) in [6, 6.07) is 71.5. The molecule has 0 aliphatic rings. The molecule has 0 aliphatic heterocycles. The first-order valence-electron chi connectivity index (χ1n) is 18.7. The molecular formula is C52H33N3. The number of benzene rings is 9. The second-order valence-corrected chi connectivity index (χ2v) is 14.2. The molecule has 0 saturated carbocycles. The zero-order valence-corrected chi connectivity index (χ0v) is 29.9. The highest BCUT2D eigenvalue weighted by Gasteiger charge is 2.19. The number of aromatic nitrogens is 3. The van der Waals surface area contributed by atoms with Crippen LogP contribution in [0.3, 0.4) is 0 Å². The van der Waals surface area contributed by atoms with Gasteiger partial charge >= 0.3 is 0 Å². The van der Waals surface area contributed by atoms with Gasteiger partial charge in [-0.25, -0.2) is 9.97 Å². The smallest absolute Gasteiger partial charge is 0.160 e. The highest BCUT2D eigenvalue weighted by Crippen LogP contribution is 2.43. The van der Waals surface area contributed by atoms with Gasteiger partial charge < -0.3 is 4.57 Å². The summed E-state index contributed by atoms with van der Waals surface area (Å²) in [5, 5.41) is 9.82. The highest BCUT2D eigenvalue weighted by atomic mass is 15.0. The van der Waals surface area contributed by atoms with Gasteiger partial charge in [-0.2, -0.15) is 0 Å². The average Bonchev–Trinajstić information content (AvgIpc) is 3.60. The zero-order valence-electron chi connectivity index (χ0n) is 29.9. The van der Waals surface area contributed by atoms with Crippen LogP contribution in [0.2, 0.25) is 0 Å². The van der Waals surface area contributed by atoms with Gasteiger partial charge in [0, 0.05) is 32.8 Å². The fraction of sp³-hybridized carbons (Fsp3) is 0. The molecule has 0 N–H and O–H groups in total. The number of nitrogens with zero attached hydrogens (tertiary/aromatic N) is 3. The Morgan fingerprint density at radius 1 is 0.291 bits per heavy atom. The quantitative estimate of drug-likeness (QED) is 0.167. The Morgan fingerprint density at radius 2 is 0.818 bits per heavy atom. The Balaban J connectivity index is 1.15. The maximum Gasteiger partial charge on any atom is 0.160 e. The van der Waals surface area contributed by atoms with Gasteiger partial charge in [0.2, 0.25) is 0 Å². The lowest BCUT2D eigenvalue weighted by Crippen LogP contribution is -1.97. The summed E-state index contributed by atoms with van der Waals surface area (Å²) in [5.74, 6) is 0.715. The molecule has 3 heteroatoms. The highest BCUT2D eigenvalue weighted by molar-refractivity contribution is 6.28. The van der Waals surface area contributed by atoms with E-state index in [-0.39, 0.29) is 0 Å². The molecule has 11 rings (SSSR count). The minimum atomic E-state index is 0.715. The van der Waals surface area contributed by atoms with E-state index in [1.807, 2.05) is 24.3 Å². The molecule has 2 heterocycles. The van der Waals surface area contributed by atoms with Crippen LogP contribution in [0.15, 0.2) is 200 Å². The van der Waals surface area contributed by atoms with Crippen LogP contribution in [0.25, 0.3) is 105 Å². The summed E-state index contributed by atoms with van der Waals surface area (Å²) in [4.78, 5) is 10.2. The molecule has 0 atom stereocenters. The molecule has 0 radical (unpaired) electrons. The largest absolute Gasteiger partial charge is 0.309 e. The Bertz CT molecular complexity index is 3150. The van der Waals surface area contributed by atoms with Crippen molar-refractivity contribution < 1.29 is 0 Å². The zero-order chi connectivity index (χ0) is 36.3. The van der Waals surface area contributed by atoms with Crippen LogP contribution >= 0.6 is 0 Å². The second kappa shape index (κ2) is 12.6. The molecule has 0 fully saturated rings. The Hall–Kier alpha value is -7.36.